The molecule has 3 rings (SSSR count). The van der Waals surface area contributed by atoms with Crippen LogP contribution in [0.1, 0.15) is 55.8 Å². The van der Waals surface area contributed by atoms with Crippen LogP contribution in [0.25, 0.3) is 0 Å². The van der Waals surface area contributed by atoms with Crippen LogP contribution >= 0.6 is 22.6 Å². The van der Waals surface area contributed by atoms with Gasteiger partial charge in [0.1, 0.15) is 0 Å². The van der Waals surface area contributed by atoms with Crippen LogP contribution in [0.4, 0.5) is 0 Å². The Bertz CT molecular complexity index is 584. The van der Waals surface area contributed by atoms with E-state index in [4.69, 9.17) is 0 Å². The molecule has 2 saturated carbocycles. The molecule has 2 aliphatic rings. The molecule has 0 heterocycles. The number of Topliss-reactive ketones (excluding diaryl/α,β-unsaturated/α-hetero) is 1. The summed E-state index contributed by atoms with van der Waals surface area (Å²) in [5, 5.41) is 3.13. The van der Waals surface area contributed by atoms with Crippen LogP contribution in [0.15, 0.2) is 24.3 Å². The molecule has 4 atom stereocenters. The van der Waals surface area contributed by atoms with E-state index in [-0.39, 0.29) is 30.6 Å². The number of fused-ring (bicyclic) bond motifs is 2. The Morgan fingerprint density at radius 1 is 1.17 bits per heavy atom. The number of halogens is 1. The van der Waals surface area contributed by atoms with E-state index >= 15 is 0 Å². The number of benzene rings is 1. The highest BCUT2D eigenvalue weighted by Crippen LogP contribution is 2.49. The number of ketones is 1. The van der Waals surface area contributed by atoms with E-state index < -0.39 is 0 Å². The van der Waals surface area contributed by atoms with Gasteiger partial charge in [-0.05, 0) is 78.7 Å². The number of rotatable bonds is 6. The Labute approximate surface area is 151 Å². The summed E-state index contributed by atoms with van der Waals surface area (Å²) in [7, 11) is 0. The molecule has 124 valence electrons. The summed E-state index contributed by atoms with van der Waals surface area (Å²) >= 11 is 2.22. The molecule has 0 aromatic heterocycles. The van der Waals surface area contributed by atoms with E-state index in [1.807, 2.05) is 24.3 Å². The predicted octanol–water partition coefficient (Wildman–Crippen LogP) is 4.20. The lowest BCUT2D eigenvalue weighted by atomic mass is 9.84. The highest BCUT2D eigenvalue weighted by atomic mass is 127. The van der Waals surface area contributed by atoms with Crippen LogP contribution in [0.2, 0.25) is 0 Å². The molecule has 2 fully saturated rings. The second-order valence-corrected chi connectivity index (χ2v) is 8.37. The van der Waals surface area contributed by atoms with Crippen LogP contribution in [0.5, 0.6) is 0 Å². The van der Waals surface area contributed by atoms with Crippen molar-refractivity contribution in [3.05, 3.63) is 33.4 Å². The molecule has 4 heteroatoms. The van der Waals surface area contributed by atoms with E-state index in [0.29, 0.717) is 11.5 Å². The Hall–Kier alpha value is -0.910. The first-order chi connectivity index (χ1) is 11.0. The third kappa shape index (κ3) is 4.14. The number of carbonyl (C=O) groups is 2. The minimum absolute atomic E-state index is 0.0131. The first-order valence-corrected chi connectivity index (χ1v) is 9.69. The van der Waals surface area contributed by atoms with E-state index in [1.54, 1.807) is 0 Å². The molecule has 0 spiro atoms. The lowest BCUT2D eigenvalue weighted by Crippen LogP contribution is -2.40. The standard InChI is InChI=1S/C19H24INO2/c1-12(17-11-13-2-3-15(17)10-13)21-19(23)9-8-18(22)14-4-6-16(20)7-5-14/h4-7,12-13,15,17H,2-3,8-11H2,1H3,(H,21,23). The van der Waals surface area contributed by atoms with Gasteiger partial charge in [0, 0.05) is 28.0 Å². The van der Waals surface area contributed by atoms with Crippen molar-refractivity contribution in [2.45, 2.75) is 51.5 Å². The molecular weight excluding hydrogens is 401 g/mol. The fraction of sp³-hybridized carbons (Fsp3) is 0.579. The average Bonchev–Trinajstić information content (AvgIpc) is 3.16. The molecule has 4 unspecified atom stereocenters. The van der Waals surface area contributed by atoms with Gasteiger partial charge in [-0.25, -0.2) is 0 Å². The van der Waals surface area contributed by atoms with Crippen molar-refractivity contribution in [2.75, 3.05) is 0 Å². The molecule has 0 saturated heterocycles. The van der Waals surface area contributed by atoms with E-state index in [1.165, 1.54) is 25.7 Å². The summed E-state index contributed by atoms with van der Waals surface area (Å²) in [5.41, 5.74) is 0.694. The maximum Gasteiger partial charge on any atom is 0.220 e. The lowest BCUT2D eigenvalue weighted by molar-refractivity contribution is -0.122. The first kappa shape index (κ1) is 16.9. The zero-order chi connectivity index (χ0) is 16.4. The molecule has 1 aromatic rings. The maximum atomic E-state index is 12.1. The van der Waals surface area contributed by atoms with Crippen LogP contribution in [-0.2, 0) is 4.79 Å². The van der Waals surface area contributed by atoms with E-state index in [2.05, 4.69) is 34.8 Å². The molecule has 1 N–H and O–H groups in total. The van der Waals surface area contributed by atoms with Crippen molar-refractivity contribution in [3.63, 3.8) is 0 Å². The lowest BCUT2D eigenvalue weighted by Gasteiger charge is -2.28. The minimum Gasteiger partial charge on any atom is -0.353 e. The normalized spacial score (nSPS) is 27.0. The van der Waals surface area contributed by atoms with Gasteiger partial charge in [-0.1, -0.05) is 18.6 Å². The van der Waals surface area contributed by atoms with Crippen molar-refractivity contribution >= 4 is 34.3 Å². The summed E-state index contributed by atoms with van der Waals surface area (Å²) in [6, 6.07) is 7.75. The van der Waals surface area contributed by atoms with Crippen LogP contribution < -0.4 is 5.32 Å². The summed E-state index contributed by atoms with van der Waals surface area (Å²) in [6.45, 7) is 2.13. The van der Waals surface area contributed by atoms with Gasteiger partial charge >= 0.3 is 0 Å². The third-order valence-corrected chi connectivity index (χ3v) is 6.29. The number of hydrogen-bond donors (Lipinski definition) is 1. The van der Waals surface area contributed by atoms with Crippen molar-refractivity contribution in [1.29, 1.82) is 0 Å². The fourth-order valence-electron chi connectivity index (χ4n) is 4.35. The van der Waals surface area contributed by atoms with Crippen molar-refractivity contribution < 1.29 is 9.59 Å². The highest BCUT2D eigenvalue weighted by molar-refractivity contribution is 14.1. The molecular formula is C19H24INO2. The zero-order valence-corrected chi connectivity index (χ0v) is 15.7. The zero-order valence-electron chi connectivity index (χ0n) is 13.6. The molecule has 2 aliphatic carbocycles. The Balaban J connectivity index is 1.44. The van der Waals surface area contributed by atoms with Gasteiger partial charge in [0.05, 0.1) is 0 Å². The Morgan fingerprint density at radius 3 is 2.52 bits per heavy atom. The molecule has 1 amide bonds. The summed E-state index contributed by atoms with van der Waals surface area (Å²) in [4.78, 5) is 24.3. The summed E-state index contributed by atoms with van der Waals surface area (Å²) < 4.78 is 1.11. The Kier molecular flexibility index (Phi) is 5.39. The van der Waals surface area contributed by atoms with E-state index in [9.17, 15) is 9.59 Å². The van der Waals surface area contributed by atoms with Crippen LogP contribution in [0, 0.1) is 21.3 Å². The van der Waals surface area contributed by atoms with Gasteiger partial charge in [0.25, 0.3) is 0 Å². The second-order valence-electron chi connectivity index (χ2n) is 7.12. The topological polar surface area (TPSA) is 46.2 Å². The van der Waals surface area contributed by atoms with Crippen molar-refractivity contribution in [2.24, 2.45) is 17.8 Å². The molecule has 0 radical (unpaired) electrons. The average molecular weight is 425 g/mol. The highest BCUT2D eigenvalue weighted by Gasteiger charge is 2.42. The van der Waals surface area contributed by atoms with Gasteiger partial charge in [-0.15, -0.1) is 0 Å². The second kappa shape index (κ2) is 7.32. The molecule has 2 bridgehead atoms. The monoisotopic (exact) mass is 425 g/mol. The number of hydrogen-bond acceptors (Lipinski definition) is 2. The van der Waals surface area contributed by atoms with E-state index in [0.717, 1.165) is 15.4 Å². The van der Waals surface area contributed by atoms with Crippen LogP contribution in [-0.4, -0.2) is 17.7 Å². The Morgan fingerprint density at radius 2 is 1.91 bits per heavy atom. The SMILES string of the molecule is CC(NC(=O)CCC(=O)c1ccc(I)cc1)C1CC2CCC1C2. The first-order valence-electron chi connectivity index (χ1n) is 8.61. The quantitative estimate of drug-likeness (QED) is 0.549. The van der Waals surface area contributed by atoms with Crippen molar-refractivity contribution in [3.8, 4) is 0 Å². The van der Waals surface area contributed by atoms with Gasteiger partial charge in [-0.2, -0.15) is 0 Å². The van der Waals surface area contributed by atoms with Crippen molar-refractivity contribution in [1.82, 2.24) is 5.32 Å². The smallest absolute Gasteiger partial charge is 0.220 e. The van der Waals surface area contributed by atoms with Gasteiger partial charge in [0.2, 0.25) is 5.91 Å². The predicted molar refractivity (Wildman–Crippen MR) is 99.3 cm³/mol. The third-order valence-electron chi connectivity index (χ3n) is 5.57. The molecule has 3 nitrogen and oxygen atoms in total. The molecule has 23 heavy (non-hydrogen) atoms. The summed E-state index contributed by atoms with van der Waals surface area (Å²) in [5.74, 6) is 2.41. The number of carbonyl (C=O) groups excluding carboxylic acids is 2. The number of nitrogens with one attached hydrogen (secondary N) is 1. The largest absolute Gasteiger partial charge is 0.353 e. The fourth-order valence-corrected chi connectivity index (χ4v) is 4.71. The molecule has 1 aromatic carbocycles. The molecule has 0 aliphatic heterocycles. The van der Waals surface area contributed by atoms with Gasteiger partial charge < -0.3 is 5.32 Å². The minimum atomic E-state index is 0.0131. The summed E-state index contributed by atoms with van der Waals surface area (Å²) in [6.07, 6.45) is 5.92. The van der Waals surface area contributed by atoms with Gasteiger partial charge in [0.15, 0.2) is 5.78 Å². The maximum absolute atomic E-state index is 12.1. The number of amides is 1. The van der Waals surface area contributed by atoms with Crippen LogP contribution in [0.3, 0.4) is 0 Å². The van der Waals surface area contributed by atoms with Gasteiger partial charge in [-0.3, -0.25) is 9.59 Å².